The molecule has 1 aromatic heterocycles. The van der Waals surface area contributed by atoms with E-state index in [9.17, 15) is 4.79 Å². The van der Waals surface area contributed by atoms with Crippen LogP contribution in [0.25, 0.3) is 0 Å². The first-order valence-corrected chi connectivity index (χ1v) is 6.32. The number of hydrogen-bond acceptors (Lipinski definition) is 3. The van der Waals surface area contributed by atoms with Crippen LogP contribution in [0.2, 0.25) is 5.15 Å². The Kier molecular flexibility index (Phi) is 3.23. The number of alkyl carbamates (subject to hydrolysis) is 1. The minimum absolute atomic E-state index is 0.320. The SMILES string of the molecule is CC(C)(C)OC(=O)NC1(c2ccc(Cl)nc2)CC1. The third kappa shape index (κ3) is 3.13. The van der Waals surface area contributed by atoms with Crippen molar-refractivity contribution in [2.24, 2.45) is 0 Å². The standard InChI is InChI=1S/C13H17ClN2O2/c1-12(2,3)18-11(17)16-13(6-7-13)9-4-5-10(14)15-8-9/h4-5,8H,6-7H2,1-3H3,(H,16,17). The van der Waals surface area contributed by atoms with E-state index in [1.165, 1.54) is 0 Å². The molecular formula is C13H17ClN2O2. The Morgan fingerprint density at radius 3 is 2.56 bits per heavy atom. The molecule has 0 aliphatic heterocycles. The molecule has 0 bridgehead atoms. The number of amides is 1. The van der Waals surface area contributed by atoms with E-state index in [1.54, 1.807) is 12.3 Å². The van der Waals surface area contributed by atoms with Gasteiger partial charge in [0, 0.05) is 6.20 Å². The number of ether oxygens (including phenoxy) is 1. The van der Waals surface area contributed by atoms with Gasteiger partial charge in [-0.3, -0.25) is 0 Å². The molecule has 1 aromatic rings. The van der Waals surface area contributed by atoms with Gasteiger partial charge in [0.05, 0.1) is 5.54 Å². The lowest BCUT2D eigenvalue weighted by molar-refractivity contribution is 0.0495. The monoisotopic (exact) mass is 268 g/mol. The van der Waals surface area contributed by atoms with Gasteiger partial charge in [-0.25, -0.2) is 9.78 Å². The molecule has 5 heteroatoms. The normalized spacial score (nSPS) is 17.1. The average molecular weight is 269 g/mol. The fourth-order valence-corrected chi connectivity index (χ4v) is 1.88. The van der Waals surface area contributed by atoms with Crippen LogP contribution in [0.4, 0.5) is 4.79 Å². The van der Waals surface area contributed by atoms with E-state index in [0.717, 1.165) is 18.4 Å². The average Bonchev–Trinajstić information content (AvgIpc) is 2.96. The summed E-state index contributed by atoms with van der Waals surface area (Å²) in [6.07, 6.45) is 3.10. The maximum Gasteiger partial charge on any atom is 0.408 e. The van der Waals surface area contributed by atoms with Crippen molar-refractivity contribution in [3.05, 3.63) is 29.0 Å². The quantitative estimate of drug-likeness (QED) is 0.838. The highest BCUT2D eigenvalue weighted by Gasteiger charge is 2.46. The number of hydrogen-bond donors (Lipinski definition) is 1. The minimum Gasteiger partial charge on any atom is -0.444 e. The summed E-state index contributed by atoms with van der Waals surface area (Å²) >= 11 is 5.75. The zero-order chi connectivity index (χ0) is 13.4. The van der Waals surface area contributed by atoms with Gasteiger partial charge in [-0.2, -0.15) is 0 Å². The first-order valence-electron chi connectivity index (χ1n) is 5.94. The van der Waals surface area contributed by atoms with Crippen molar-refractivity contribution in [2.45, 2.75) is 44.8 Å². The van der Waals surface area contributed by atoms with Gasteiger partial charge >= 0.3 is 6.09 Å². The van der Waals surface area contributed by atoms with Gasteiger partial charge < -0.3 is 10.1 Å². The molecular weight excluding hydrogens is 252 g/mol. The molecule has 0 atom stereocenters. The summed E-state index contributed by atoms with van der Waals surface area (Å²) in [7, 11) is 0. The summed E-state index contributed by atoms with van der Waals surface area (Å²) in [5, 5.41) is 3.37. The Hall–Kier alpha value is -1.29. The van der Waals surface area contributed by atoms with Crippen LogP contribution in [-0.4, -0.2) is 16.7 Å². The van der Waals surface area contributed by atoms with E-state index in [1.807, 2.05) is 26.8 Å². The summed E-state index contributed by atoms with van der Waals surface area (Å²) in [4.78, 5) is 15.8. The summed E-state index contributed by atoms with van der Waals surface area (Å²) in [5.41, 5.74) is 0.163. The number of nitrogens with zero attached hydrogens (tertiary/aromatic N) is 1. The van der Waals surface area contributed by atoms with Crippen molar-refractivity contribution in [2.75, 3.05) is 0 Å². The second-order valence-electron chi connectivity index (χ2n) is 5.58. The molecule has 1 aliphatic carbocycles. The van der Waals surface area contributed by atoms with Crippen LogP contribution in [-0.2, 0) is 10.3 Å². The van der Waals surface area contributed by atoms with Gasteiger partial charge in [0.1, 0.15) is 10.8 Å². The highest BCUT2D eigenvalue weighted by atomic mass is 35.5. The Labute approximate surface area is 112 Å². The van der Waals surface area contributed by atoms with E-state index < -0.39 is 11.7 Å². The van der Waals surface area contributed by atoms with E-state index in [0.29, 0.717) is 5.15 Å². The number of aromatic nitrogens is 1. The van der Waals surface area contributed by atoms with Gasteiger partial charge in [-0.15, -0.1) is 0 Å². The largest absolute Gasteiger partial charge is 0.444 e. The minimum atomic E-state index is -0.488. The molecule has 1 N–H and O–H groups in total. The number of halogens is 1. The lowest BCUT2D eigenvalue weighted by Gasteiger charge is -2.23. The Morgan fingerprint density at radius 1 is 1.44 bits per heavy atom. The van der Waals surface area contributed by atoms with E-state index in [2.05, 4.69) is 10.3 Å². The lowest BCUT2D eigenvalue weighted by Crippen LogP contribution is -2.39. The maximum atomic E-state index is 11.8. The predicted octanol–water partition coefficient (Wildman–Crippen LogP) is 3.25. The second-order valence-corrected chi connectivity index (χ2v) is 5.97. The molecule has 0 aromatic carbocycles. The number of nitrogens with one attached hydrogen (secondary N) is 1. The lowest BCUT2D eigenvalue weighted by atomic mass is 10.1. The van der Waals surface area contributed by atoms with Crippen LogP contribution in [0.3, 0.4) is 0 Å². The molecule has 1 saturated carbocycles. The number of pyridine rings is 1. The van der Waals surface area contributed by atoms with Crippen LogP contribution in [0.5, 0.6) is 0 Å². The predicted molar refractivity (Wildman–Crippen MR) is 69.5 cm³/mol. The number of carbonyl (C=O) groups excluding carboxylic acids is 1. The van der Waals surface area contributed by atoms with Gasteiger partial charge in [-0.05, 0) is 45.2 Å². The number of carbonyl (C=O) groups is 1. The molecule has 98 valence electrons. The van der Waals surface area contributed by atoms with Crippen LogP contribution >= 0.6 is 11.6 Å². The summed E-state index contributed by atoms with van der Waals surface area (Å²) < 4.78 is 5.26. The summed E-state index contributed by atoms with van der Waals surface area (Å²) in [5.74, 6) is 0. The maximum absolute atomic E-state index is 11.8. The summed E-state index contributed by atoms with van der Waals surface area (Å²) in [6.45, 7) is 5.53. The first kappa shape index (κ1) is 13.1. The highest BCUT2D eigenvalue weighted by Crippen LogP contribution is 2.45. The van der Waals surface area contributed by atoms with E-state index in [-0.39, 0.29) is 5.54 Å². The van der Waals surface area contributed by atoms with E-state index >= 15 is 0 Å². The zero-order valence-corrected chi connectivity index (χ0v) is 11.5. The van der Waals surface area contributed by atoms with Crippen LogP contribution < -0.4 is 5.32 Å². The molecule has 0 saturated heterocycles. The van der Waals surface area contributed by atoms with E-state index in [4.69, 9.17) is 16.3 Å². The van der Waals surface area contributed by atoms with Gasteiger partial charge in [-0.1, -0.05) is 17.7 Å². The van der Waals surface area contributed by atoms with Crippen molar-refractivity contribution >= 4 is 17.7 Å². The topological polar surface area (TPSA) is 51.2 Å². The Balaban J connectivity index is 2.04. The fourth-order valence-electron chi connectivity index (χ4n) is 1.77. The van der Waals surface area contributed by atoms with Crippen LogP contribution in [0.15, 0.2) is 18.3 Å². The van der Waals surface area contributed by atoms with Crippen molar-refractivity contribution in [1.82, 2.24) is 10.3 Å². The third-order valence-electron chi connectivity index (χ3n) is 2.77. The van der Waals surface area contributed by atoms with Crippen molar-refractivity contribution in [1.29, 1.82) is 0 Å². The van der Waals surface area contributed by atoms with Gasteiger partial charge in [0.25, 0.3) is 0 Å². The second kappa shape index (κ2) is 4.43. The van der Waals surface area contributed by atoms with Crippen LogP contribution in [0.1, 0.15) is 39.2 Å². The van der Waals surface area contributed by atoms with Crippen molar-refractivity contribution in [3.63, 3.8) is 0 Å². The van der Waals surface area contributed by atoms with Crippen LogP contribution in [0, 0.1) is 0 Å². The van der Waals surface area contributed by atoms with Crippen molar-refractivity contribution < 1.29 is 9.53 Å². The summed E-state index contributed by atoms with van der Waals surface area (Å²) in [6, 6.07) is 3.62. The molecule has 2 rings (SSSR count). The smallest absolute Gasteiger partial charge is 0.408 e. The Morgan fingerprint density at radius 2 is 2.11 bits per heavy atom. The van der Waals surface area contributed by atoms with Gasteiger partial charge in [0.15, 0.2) is 0 Å². The molecule has 0 radical (unpaired) electrons. The zero-order valence-electron chi connectivity index (χ0n) is 10.8. The molecule has 0 spiro atoms. The highest BCUT2D eigenvalue weighted by molar-refractivity contribution is 6.29. The third-order valence-corrected chi connectivity index (χ3v) is 2.99. The molecule has 1 aliphatic rings. The Bertz CT molecular complexity index is 447. The molecule has 4 nitrogen and oxygen atoms in total. The first-order chi connectivity index (χ1) is 8.31. The fraction of sp³-hybridized carbons (Fsp3) is 0.538. The number of rotatable bonds is 2. The molecule has 1 fully saturated rings. The molecule has 0 unspecified atom stereocenters. The van der Waals surface area contributed by atoms with Gasteiger partial charge in [0.2, 0.25) is 0 Å². The molecule has 1 heterocycles. The molecule has 18 heavy (non-hydrogen) atoms. The molecule has 1 amide bonds. The van der Waals surface area contributed by atoms with Crippen molar-refractivity contribution in [3.8, 4) is 0 Å².